The van der Waals surface area contributed by atoms with Crippen LogP contribution in [-0.4, -0.2) is 193 Å². The summed E-state index contributed by atoms with van der Waals surface area (Å²) in [5.74, 6) is -0.287. The lowest BCUT2D eigenvalue weighted by Crippen LogP contribution is -2.66. The molecule has 0 aromatic carbocycles. The van der Waals surface area contributed by atoms with E-state index in [1.54, 1.807) is 6.08 Å². The number of unbranched alkanes of at least 4 members (excludes halogenated alkanes) is 24. The zero-order valence-electron chi connectivity index (χ0n) is 54.8. The Balaban J connectivity index is 1.44. The van der Waals surface area contributed by atoms with Crippen molar-refractivity contribution in [1.82, 2.24) is 5.32 Å². The molecule has 17 atom stereocenters. The van der Waals surface area contributed by atoms with Crippen LogP contribution in [-0.2, 0) is 33.2 Å². The monoisotopic (exact) mass is 1280 g/mol. The number of ether oxygens (including phenoxy) is 6. The molecule has 0 aliphatic carbocycles. The van der Waals surface area contributed by atoms with Crippen LogP contribution < -0.4 is 5.32 Å². The van der Waals surface area contributed by atoms with E-state index >= 15 is 0 Å². The van der Waals surface area contributed by atoms with Crippen molar-refractivity contribution in [1.29, 1.82) is 0 Å². The minimum absolute atomic E-state index is 0.229. The van der Waals surface area contributed by atoms with Crippen LogP contribution in [0.15, 0.2) is 85.1 Å². The number of allylic oxidation sites excluding steroid dienone is 13. The van der Waals surface area contributed by atoms with Crippen LogP contribution in [0, 0.1) is 0 Å². The number of carbonyl (C=O) groups is 1. The molecule has 1 amide bonds. The van der Waals surface area contributed by atoms with E-state index in [1.807, 2.05) is 6.08 Å². The van der Waals surface area contributed by atoms with Gasteiger partial charge in [0.15, 0.2) is 18.9 Å². The third-order valence-electron chi connectivity index (χ3n) is 16.9. The van der Waals surface area contributed by atoms with Crippen LogP contribution in [0.4, 0.5) is 0 Å². The molecule has 17 unspecified atom stereocenters. The molecule has 0 aromatic rings. The molecule has 3 saturated heterocycles. The van der Waals surface area contributed by atoms with Crippen LogP contribution in [0.2, 0.25) is 0 Å². The molecule has 0 aromatic heterocycles. The number of aliphatic hydroxyl groups excluding tert-OH is 11. The Labute approximate surface area is 540 Å². The van der Waals surface area contributed by atoms with Crippen molar-refractivity contribution in [3.63, 3.8) is 0 Å². The van der Waals surface area contributed by atoms with E-state index in [-0.39, 0.29) is 18.9 Å². The molecule has 3 fully saturated rings. The normalized spacial score (nSPS) is 28.6. The average molecular weight is 1280 g/mol. The fourth-order valence-electron chi connectivity index (χ4n) is 11.3. The smallest absolute Gasteiger partial charge is 0.220 e. The van der Waals surface area contributed by atoms with E-state index in [0.717, 1.165) is 103 Å². The Kier molecular flexibility index (Phi) is 47.2. The molecular formula is C71H123NO18. The van der Waals surface area contributed by atoms with Crippen molar-refractivity contribution in [2.45, 2.75) is 330 Å². The van der Waals surface area contributed by atoms with Crippen molar-refractivity contribution in [2.75, 3.05) is 26.4 Å². The Morgan fingerprint density at radius 2 is 0.767 bits per heavy atom. The van der Waals surface area contributed by atoms with E-state index in [9.17, 15) is 61.0 Å². The first-order chi connectivity index (χ1) is 43.8. The minimum atomic E-state index is -1.98. The highest BCUT2D eigenvalue weighted by Gasteiger charge is 2.53. The van der Waals surface area contributed by atoms with Gasteiger partial charge in [0.25, 0.3) is 0 Å². The SMILES string of the molecule is CC/C=C\C/C=C\C/C=C\C/C=C\C/C=C\C/C=C\CCCCCCCCCCC(=O)NC(COC1OC(CO)C(OC2OC(CO)C(OC3OC(CO)C(O)C(O)C3O)C(O)C2O)C(O)C1O)C(O)/C=C/CCCCCCCCCCCCCCCCCC. The van der Waals surface area contributed by atoms with Crippen molar-refractivity contribution in [3.8, 4) is 0 Å². The summed E-state index contributed by atoms with van der Waals surface area (Å²) in [6, 6.07) is -0.984. The molecule has 3 rings (SSSR count). The minimum Gasteiger partial charge on any atom is -0.394 e. The molecule has 0 bridgehead atoms. The van der Waals surface area contributed by atoms with Crippen LogP contribution in [0.5, 0.6) is 0 Å². The van der Waals surface area contributed by atoms with Gasteiger partial charge in [-0.2, -0.15) is 0 Å². The molecule has 3 aliphatic rings. The van der Waals surface area contributed by atoms with Gasteiger partial charge in [0.1, 0.15) is 73.2 Å². The van der Waals surface area contributed by atoms with Gasteiger partial charge in [-0.25, -0.2) is 0 Å². The number of carbonyl (C=O) groups excluding carboxylic acids is 1. The van der Waals surface area contributed by atoms with Gasteiger partial charge in [-0.3, -0.25) is 4.79 Å². The zero-order valence-corrected chi connectivity index (χ0v) is 54.8. The maximum atomic E-state index is 13.4. The third-order valence-corrected chi connectivity index (χ3v) is 16.9. The maximum Gasteiger partial charge on any atom is 0.220 e. The lowest BCUT2D eigenvalue weighted by atomic mass is 9.96. The lowest BCUT2D eigenvalue weighted by molar-refractivity contribution is -0.379. The van der Waals surface area contributed by atoms with E-state index in [2.05, 4.69) is 92.1 Å². The number of rotatable bonds is 52. The fraction of sp³-hybridized carbons (Fsp3) is 0.789. The molecule has 0 saturated carbocycles. The standard InChI is InChI=1S/C71H123NO18/c1-3-5-7-9-11-13-15-17-19-21-23-24-25-26-27-28-29-30-31-33-35-37-39-41-43-45-47-49-59(77)72-54(55(76)48-46-44-42-40-38-36-34-32-22-20-18-16-14-12-10-8-6-4-2)53-85-69-65(83)62(80)67(57(51-74)87-69)90-71-66(84)63(81)68(58(52-75)88-71)89-70-64(82)61(79)60(78)56(50-73)86-70/h5,7,11,13,17,19,23-24,26-27,29-30,46,48,54-58,60-71,73-76,78-84H,3-4,6,8-10,12,14-16,18,20-22,25,28,31-45,47,49-53H2,1-2H3,(H,72,77)/b7-5-,13-11-,19-17-,24-23-,27-26-,30-29-,48-46+. The number of aliphatic hydroxyl groups is 11. The van der Waals surface area contributed by atoms with Gasteiger partial charge in [-0.15, -0.1) is 0 Å². The first-order valence-corrected chi connectivity index (χ1v) is 34.8. The van der Waals surface area contributed by atoms with E-state index in [4.69, 9.17) is 28.4 Å². The predicted molar refractivity (Wildman–Crippen MR) is 351 cm³/mol. The highest BCUT2D eigenvalue weighted by molar-refractivity contribution is 5.76. The Morgan fingerprint density at radius 1 is 0.411 bits per heavy atom. The summed E-state index contributed by atoms with van der Waals surface area (Å²) in [5, 5.41) is 121. The van der Waals surface area contributed by atoms with Crippen LogP contribution in [0.1, 0.15) is 226 Å². The molecule has 12 N–H and O–H groups in total. The van der Waals surface area contributed by atoms with E-state index < -0.39 is 124 Å². The van der Waals surface area contributed by atoms with E-state index in [1.165, 1.54) is 96.3 Å². The molecule has 90 heavy (non-hydrogen) atoms. The molecular weight excluding hydrogens is 1150 g/mol. The van der Waals surface area contributed by atoms with Gasteiger partial charge in [0.05, 0.1) is 38.6 Å². The van der Waals surface area contributed by atoms with Crippen LogP contribution in [0.3, 0.4) is 0 Å². The van der Waals surface area contributed by atoms with E-state index in [0.29, 0.717) is 6.42 Å². The van der Waals surface area contributed by atoms with Crippen LogP contribution in [0.25, 0.3) is 0 Å². The van der Waals surface area contributed by atoms with Crippen molar-refractivity contribution in [2.24, 2.45) is 0 Å². The summed E-state index contributed by atoms with van der Waals surface area (Å²) >= 11 is 0. The molecule has 520 valence electrons. The highest BCUT2D eigenvalue weighted by Crippen LogP contribution is 2.33. The van der Waals surface area contributed by atoms with Gasteiger partial charge >= 0.3 is 0 Å². The highest BCUT2D eigenvalue weighted by atomic mass is 16.8. The zero-order chi connectivity index (χ0) is 65.4. The summed E-state index contributed by atoms with van der Waals surface area (Å²) in [7, 11) is 0. The third kappa shape index (κ3) is 33.9. The largest absolute Gasteiger partial charge is 0.394 e. The molecule has 3 heterocycles. The van der Waals surface area contributed by atoms with Gasteiger partial charge in [-0.05, 0) is 70.6 Å². The van der Waals surface area contributed by atoms with Crippen molar-refractivity contribution >= 4 is 5.91 Å². The van der Waals surface area contributed by atoms with Gasteiger partial charge in [0.2, 0.25) is 5.91 Å². The quantitative estimate of drug-likeness (QED) is 0.0200. The van der Waals surface area contributed by atoms with Crippen molar-refractivity contribution in [3.05, 3.63) is 85.1 Å². The second-order valence-corrected chi connectivity index (χ2v) is 24.6. The van der Waals surface area contributed by atoms with Gasteiger partial charge in [-0.1, -0.05) is 234 Å². The van der Waals surface area contributed by atoms with Gasteiger partial charge < -0.3 is 89.9 Å². The number of amides is 1. The second-order valence-electron chi connectivity index (χ2n) is 24.6. The topological polar surface area (TPSA) is 307 Å². The van der Waals surface area contributed by atoms with Crippen molar-refractivity contribution < 1.29 is 89.4 Å². The number of hydrogen-bond donors (Lipinski definition) is 12. The molecule has 19 heteroatoms. The summed E-state index contributed by atoms with van der Waals surface area (Å²) < 4.78 is 34.3. The molecule has 0 radical (unpaired) electrons. The first-order valence-electron chi connectivity index (χ1n) is 34.8. The molecule has 19 nitrogen and oxygen atoms in total. The first kappa shape index (κ1) is 81.2. The predicted octanol–water partition coefficient (Wildman–Crippen LogP) is 9.10. The Hall–Kier alpha value is -3.03. The maximum absolute atomic E-state index is 13.4. The number of hydrogen-bond acceptors (Lipinski definition) is 18. The second kappa shape index (κ2) is 52.3. The lowest BCUT2D eigenvalue weighted by Gasteiger charge is -2.48. The molecule has 0 spiro atoms. The summed E-state index contributed by atoms with van der Waals surface area (Å²) in [6.07, 6.45) is 39.7. The average Bonchev–Trinajstić information content (AvgIpc) is 0.866. The van der Waals surface area contributed by atoms with Gasteiger partial charge in [0, 0.05) is 6.42 Å². The molecule has 3 aliphatic heterocycles. The fourth-order valence-corrected chi connectivity index (χ4v) is 11.3. The Bertz CT molecular complexity index is 1960. The summed E-state index contributed by atoms with van der Waals surface area (Å²) in [4.78, 5) is 13.4. The summed E-state index contributed by atoms with van der Waals surface area (Å²) in [6.45, 7) is 1.61. The Morgan fingerprint density at radius 3 is 1.20 bits per heavy atom. The number of nitrogens with one attached hydrogen (secondary N) is 1. The van der Waals surface area contributed by atoms with Crippen LogP contribution >= 0.6 is 0 Å². The summed E-state index contributed by atoms with van der Waals surface area (Å²) in [5.41, 5.74) is 0.